The molecule has 4 N–H and O–H groups in total. The predicted molar refractivity (Wildman–Crippen MR) is 121 cm³/mol. The summed E-state index contributed by atoms with van der Waals surface area (Å²) < 4.78 is 1.57. The molecule has 31 heavy (non-hydrogen) atoms. The van der Waals surface area contributed by atoms with E-state index in [2.05, 4.69) is 26.4 Å². The van der Waals surface area contributed by atoms with Crippen LogP contribution >= 0.6 is 11.6 Å². The lowest BCUT2D eigenvalue weighted by Crippen LogP contribution is -2.57. The second-order valence-corrected chi connectivity index (χ2v) is 7.90. The van der Waals surface area contributed by atoms with Crippen LogP contribution in [0.15, 0.2) is 60.7 Å². The summed E-state index contributed by atoms with van der Waals surface area (Å²) in [7, 11) is 0. The number of urea groups is 1. The maximum Gasteiger partial charge on any atom is 0.324 e. The summed E-state index contributed by atoms with van der Waals surface area (Å²) in [6, 6.07) is 17.7. The summed E-state index contributed by atoms with van der Waals surface area (Å²) in [6.07, 6.45) is -0.595. The van der Waals surface area contributed by atoms with E-state index in [9.17, 15) is 9.59 Å². The summed E-state index contributed by atoms with van der Waals surface area (Å²) in [4.78, 5) is 25.0. The van der Waals surface area contributed by atoms with E-state index in [0.29, 0.717) is 22.2 Å². The summed E-state index contributed by atoms with van der Waals surface area (Å²) >= 11 is 5.90. The second-order valence-electron chi connectivity index (χ2n) is 7.47. The molecule has 0 saturated carbocycles. The maximum absolute atomic E-state index is 12.6. The van der Waals surface area contributed by atoms with E-state index in [-0.39, 0.29) is 17.9 Å². The number of halogens is 1. The molecule has 2 heterocycles. The highest BCUT2D eigenvalue weighted by Gasteiger charge is 2.32. The van der Waals surface area contributed by atoms with Crippen molar-refractivity contribution in [1.82, 2.24) is 20.4 Å². The van der Waals surface area contributed by atoms with E-state index in [1.165, 1.54) is 0 Å². The number of hydrogen-bond acceptors (Lipinski definition) is 4. The zero-order chi connectivity index (χ0) is 22.0. The quantitative estimate of drug-likeness (QED) is 0.493. The molecule has 0 spiro atoms. The summed E-state index contributed by atoms with van der Waals surface area (Å²) in [6.45, 7) is 3.80. The van der Waals surface area contributed by atoms with Crippen molar-refractivity contribution in [1.29, 1.82) is 0 Å². The Hall–Kier alpha value is -3.36. The smallest absolute Gasteiger partial charge is 0.322 e. The fraction of sp³-hybridized carbons (Fsp3) is 0.227. The van der Waals surface area contributed by atoms with Crippen molar-refractivity contribution < 1.29 is 9.59 Å². The Morgan fingerprint density at radius 3 is 2.45 bits per heavy atom. The Bertz CT molecular complexity index is 1080. The van der Waals surface area contributed by atoms with Crippen LogP contribution in [0.3, 0.4) is 0 Å². The number of benzene rings is 2. The number of aromatic nitrogens is 2. The third kappa shape index (κ3) is 4.70. The van der Waals surface area contributed by atoms with Crippen LogP contribution in [0.5, 0.6) is 0 Å². The molecule has 1 aromatic heterocycles. The Labute approximate surface area is 185 Å². The van der Waals surface area contributed by atoms with Gasteiger partial charge in [-0.15, -0.1) is 0 Å². The minimum atomic E-state index is -0.595. The van der Waals surface area contributed by atoms with Crippen molar-refractivity contribution in [2.75, 3.05) is 10.6 Å². The van der Waals surface area contributed by atoms with Gasteiger partial charge in [0, 0.05) is 28.4 Å². The molecule has 9 heteroatoms. The first-order valence-electron chi connectivity index (χ1n) is 9.95. The van der Waals surface area contributed by atoms with Gasteiger partial charge in [-0.05, 0) is 31.2 Å². The van der Waals surface area contributed by atoms with Crippen molar-refractivity contribution in [3.8, 4) is 11.3 Å². The van der Waals surface area contributed by atoms with E-state index >= 15 is 0 Å². The molecule has 1 saturated heterocycles. The topological polar surface area (TPSA) is 100 Å². The number of nitrogens with one attached hydrogen (secondary N) is 4. The largest absolute Gasteiger partial charge is 0.324 e. The molecule has 0 bridgehead atoms. The number of amides is 3. The molecule has 1 aliphatic rings. The van der Waals surface area contributed by atoms with Gasteiger partial charge in [0.1, 0.15) is 5.82 Å². The highest BCUT2D eigenvalue weighted by atomic mass is 35.5. The average molecular weight is 439 g/mol. The van der Waals surface area contributed by atoms with Crippen molar-refractivity contribution in [3.05, 3.63) is 65.7 Å². The van der Waals surface area contributed by atoms with Gasteiger partial charge in [-0.3, -0.25) is 15.4 Å². The zero-order valence-electron chi connectivity index (χ0n) is 17.1. The molecule has 3 unspecified atom stereocenters. The third-order valence-corrected chi connectivity index (χ3v) is 5.51. The Balaban J connectivity index is 1.61. The highest BCUT2D eigenvalue weighted by molar-refractivity contribution is 6.30. The van der Waals surface area contributed by atoms with Crippen molar-refractivity contribution in [3.63, 3.8) is 0 Å². The number of nitrogens with zero attached hydrogens (tertiary/aromatic N) is 2. The molecule has 2 aromatic carbocycles. The maximum atomic E-state index is 12.6. The molecule has 160 valence electrons. The molecule has 3 atom stereocenters. The lowest BCUT2D eigenvalue weighted by atomic mass is 10.0. The van der Waals surface area contributed by atoms with Crippen LogP contribution in [0.4, 0.5) is 16.3 Å². The number of rotatable bonds is 4. The molecule has 4 rings (SSSR count). The third-order valence-electron chi connectivity index (χ3n) is 5.26. The standard InChI is InChI=1S/C22H23ClN6O2/c1-13-14(2)24-21(27-20(13)30)29-19(12-18(28-29)15-6-4-3-5-7-15)26-22(31)25-17-10-8-16(23)9-11-17/h3-14,21,24H,1-2H3,(H,27,30)(H2,25,26,31). The van der Waals surface area contributed by atoms with E-state index < -0.39 is 12.3 Å². The molecule has 3 aromatic rings. The van der Waals surface area contributed by atoms with Gasteiger partial charge in [-0.25, -0.2) is 9.48 Å². The van der Waals surface area contributed by atoms with Crippen LogP contribution in [0.1, 0.15) is 20.1 Å². The second kappa shape index (κ2) is 8.79. The van der Waals surface area contributed by atoms with Gasteiger partial charge in [0.25, 0.3) is 0 Å². The molecule has 8 nitrogen and oxygen atoms in total. The van der Waals surface area contributed by atoms with Crippen LogP contribution in [0.2, 0.25) is 5.02 Å². The first-order chi connectivity index (χ1) is 14.9. The molecule has 3 amide bonds. The number of carbonyl (C=O) groups excluding carboxylic acids is 2. The summed E-state index contributed by atoms with van der Waals surface area (Å²) in [5, 5.41) is 17.1. The summed E-state index contributed by atoms with van der Waals surface area (Å²) in [5.41, 5.74) is 2.17. The minimum absolute atomic E-state index is 0.0566. The van der Waals surface area contributed by atoms with Crippen LogP contribution in [-0.4, -0.2) is 27.8 Å². The van der Waals surface area contributed by atoms with Crippen LogP contribution < -0.4 is 21.3 Å². The highest BCUT2D eigenvalue weighted by Crippen LogP contribution is 2.25. The van der Waals surface area contributed by atoms with Gasteiger partial charge in [-0.2, -0.15) is 5.10 Å². The van der Waals surface area contributed by atoms with Crippen molar-refractivity contribution in [2.24, 2.45) is 5.92 Å². The zero-order valence-corrected chi connectivity index (χ0v) is 17.9. The van der Waals surface area contributed by atoms with E-state index in [1.54, 1.807) is 35.0 Å². The van der Waals surface area contributed by atoms with Crippen LogP contribution in [0, 0.1) is 5.92 Å². The molecular formula is C22H23ClN6O2. The Kier molecular flexibility index (Phi) is 5.92. The van der Waals surface area contributed by atoms with E-state index in [0.717, 1.165) is 5.56 Å². The van der Waals surface area contributed by atoms with E-state index in [1.807, 2.05) is 44.2 Å². The van der Waals surface area contributed by atoms with Crippen molar-refractivity contribution >= 4 is 35.0 Å². The Morgan fingerprint density at radius 2 is 1.77 bits per heavy atom. The van der Waals surface area contributed by atoms with E-state index in [4.69, 9.17) is 11.6 Å². The molecule has 1 fully saturated rings. The first kappa shape index (κ1) is 20.9. The molecule has 0 aliphatic carbocycles. The SMILES string of the molecule is CC1NC(n2nc(-c3ccccc3)cc2NC(=O)Nc2ccc(Cl)cc2)NC(=O)C1C. The van der Waals surface area contributed by atoms with Crippen LogP contribution in [0.25, 0.3) is 11.3 Å². The van der Waals surface area contributed by atoms with Gasteiger partial charge in [-0.1, -0.05) is 48.9 Å². The van der Waals surface area contributed by atoms with Gasteiger partial charge in [0.2, 0.25) is 5.91 Å². The van der Waals surface area contributed by atoms with Crippen molar-refractivity contribution in [2.45, 2.75) is 26.2 Å². The van der Waals surface area contributed by atoms with Gasteiger partial charge in [0.05, 0.1) is 11.6 Å². The van der Waals surface area contributed by atoms with Crippen LogP contribution in [-0.2, 0) is 4.79 Å². The fourth-order valence-corrected chi connectivity index (χ4v) is 3.43. The van der Waals surface area contributed by atoms with Gasteiger partial charge >= 0.3 is 6.03 Å². The Morgan fingerprint density at radius 1 is 1.06 bits per heavy atom. The molecule has 0 radical (unpaired) electrons. The molecule has 1 aliphatic heterocycles. The lowest BCUT2D eigenvalue weighted by Gasteiger charge is -2.34. The normalized spacial score (nSPS) is 20.7. The first-order valence-corrected chi connectivity index (χ1v) is 10.3. The summed E-state index contributed by atoms with van der Waals surface area (Å²) in [5.74, 6) is 0.180. The molecular weight excluding hydrogens is 416 g/mol. The lowest BCUT2D eigenvalue weighted by molar-refractivity contribution is -0.130. The van der Waals surface area contributed by atoms with Gasteiger partial charge in [0.15, 0.2) is 6.29 Å². The minimum Gasteiger partial charge on any atom is -0.322 e. The predicted octanol–water partition coefficient (Wildman–Crippen LogP) is 4.05. The monoisotopic (exact) mass is 438 g/mol. The number of carbonyl (C=O) groups is 2. The number of hydrogen-bond donors (Lipinski definition) is 4. The fourth-order valence-electron chi connectivity index (χ4n) is 3.31. The van der Waals surface area contributed by atoms with Gasteiger partial charge < -0.3 is 10.6 Å². The number of anilines is 2. The average Bonchev–Trinajstić information content (AvgIpc) is 3.17.